The van der Waals surface area contributed by atoms with E-state index in [0.29, 0.717) is 18.1 Å². The molecule has 0 saturated carbocycles. The highest BCUT2D eigenvalue weighted by Crippen LogP contribution is 2.47. The Hall–Kier alpha value is -1.37. The van der Waals surface area contributed by atoms with Crippen LogP contribution in [-0.2, 0) is 4.79 Å². The predicted octanol–water partition coefficient (Wildman–Crippen LogP) is 5.12. The number of rotatable bonds is 6. The Morgan fingerprint density at radius 1 is 1.11 bits per heavy atom. The normalized spacial score (nSPS) is 17.7. The highest BCUT2D eigenvalue weighted by molar-refractivity contribution is 5.83. The predicted molar refractivity (Wildman–Crippen MR) is 81.2 cm³/mol. The second-order valence-electron chi connectivity index (χ2n) is 5.55. The van der Waals surface area contributed by atoms with Gasteiger partial charge in [0.25, 0.3) is 0 Å². The summed E-state index contributed by atoms with van der Waals surface area (Å²) in [5.41, 5.74) is 5.83. The van der Waals surface area contributed by atoms with E-state index in [2.05, 4.69) is 38.1 Å². The van der Waals surface area contributed by atoms with Crippen molar-refractivity contribution in [1.82, 2.24) is 0 Å². The van der Waals surface area contributed by atoms with Gasteiger partial charge < -0.3 is 0 Å². The molecule has 1 heteroatoms. The summed E-state index contributed by atoms with van der Waals surface area (Å²) in [7, 11) is 0. The second-order valence-corrected chi connectivity index (χ2v) is 5.55. The Morgan fingerprint density at radius 3 is 2.42 bits per heavy atom. The first-order valence-electron chi connectivity index (χ1n) is 7.49. The Morgan fingerprint density at radius 2 is 1.79 bits per heavy atom. The maximum atomic E-state index is 11.6. The molecule has 0 aliphatic heterocycles. The summed E-state index contributed by atoms with van der Waals surface area (Å²) < 4.78 is 0. The van der Waals surface area contributed by atoms with Gasteiger partial charge in [-0.3, -0.25) is 4.79 Å². The number of Topliss-reactive ketones (excluding diaryl/α,β-unsaturated/α-hetero) is 1. The number of carbonyl (C=O) groups excluding carboxylic acids is 1. The molecule has 19 heavy (non-hydrogen) atoms. The van der Waals surface area contributed by atoms with Crippen LogP contribution in [0.4, 0.5) is 0 Å². The number of allylic oxidation sites excluding steroid dienone is 2. The molecule has 0 bridgehead atoms. The standard InChI is InChI=1S/C18H24O/c1-4-8-14-15(9-5-2)18(12-13(3)19)17-11-7-6-10-16(14)17/h6-7,10-11,18H,4-5,8-9,12H2,1-3H3. The van der Waals surface area contributed by atoms with Gasteiger partial charge in [-0.05, 0) is 36.5 Å². The lowest BCUT2D eigenvalue weighted by Gasteiger charge is -2.15. The molecule has 0 saturated heterocycles. The number of carbonyl (C=O) groups is 1. The zero-order valence-electron chi connectivity index (χ0n) is 12.3. The third-order valence-electron chi connectivity index (χ3n) is 3.98. The number of hydrogen-bond acceptors (Lipinski definition) is 1. The number of benzene rings is 1. The zero-order valence-corrected chi connectivity index (χ0v) is 12.3. The van der Waals surface area contributed by atoms with Crippen LogP contribution < -0.4 is 0 Å². The van der Waals surface area contributed by atoms with Crippen molar-refractivity contribution in [2.45, 2.75) is 58.8 Å². The third kappa shape index (κ3) is 2.80. The zero-order chi connectivity index (χ0) is 13.8. The molecule has 0 aromatic heterocycles. The van der Waals surface area contributed by atoms with E-state index < -0.39 is 0 Å². The third-order valence-corrected chi connectivity index (χ3v) is 3.98. The molecule has 1 aromatic carbocycles. The maximum absolute atomic E-state index is 11.6. The topological polar surface area (TPSA) is 17.1 Å². The van der Waals surface area contributed by atoms with E-state index in [4.69, 9.17) is 0 Å². The average molecular weight is 256 g/mol. The van der Waals surface area contributed by atoms with Gasteiger partial charge in [0, 0.05) is 12.3 Å². The molecule has 0 fully saturated rings. The van der Waals surface area contributed by atoms with E-state index in [-0.39, 0.29) is 0 Å². The van der Waals surface area contributed by atoms with Crippen LogP contribution in [0.2, 0.25) is 0 Å². The first-order chi connectivity index (χ1) is 9.19. The molecule has 1 aliphatic rings. The molecular formula is C18H24O. The van der Waals surface area contributed by atoms with Gasteiger partial charge in [0.15, 0.2) is 0 Å². The van der Waals surface area contributed by atoms with Crippen molar-refractivity contribution in [3.05, 3.63) is 41.0 Å². The molecule has 1 aliphatic carbocycles. The van der Waals surface area contributed by atoms with Crippen LogP contribution >= 0.6 is 0 Å². The second kappa shape index (κ2) is 6.18. The van der Waals surface area contributed by atoms with Gasteiger partial charge >= 0.3 is 0 Å². The number of ketones is 1. The summed E-state index contributed by atoms with van der Waals surface area (Å²) in [5, 5.41) is 0. The van der Waals surface area contributed by atoms with Gasteiger partial charge in [-0.1, -0.05) is 56.5 Å². The lowest BCUT2D eigenvalue weighted by Crippen LogP contribution is -2.04. The molecule has 1 unspecified atom stereocenters. The largest absolute Gasteiger partial charge is 0.300 e. The molecule has 0 spiro atoms. The number of hydrogen-bond donors (Lipinski definition) is 0. The van der Waals surface area contributed by atoms with Gasteiger partial charge in [-0.15, -0.1) is 0 Å². The van der Waals surface area contributed by atoms with Crippen molar-refractivity contribution in [3.63, 3.8) is 0 Å². The summed E-state index contributed by atoms with van der Waals surface area (Å²) in [4.78, 5) is 11.6. The van der Waals surface area contributed by atoms with Crippen LogP contribution in [0, 0.1) is 0 Å². The first kappa shape index (κ1) is 14.0. The molecule has 0 N–H and O–H groups in total. The van der Waals surface area contributed by atoms with E-state index in [1.54, 1.807) is 6.92 Å². The minimum Gasteiger partial charge on any atom is -0.300 e. The van der Waals surface area contributed by atoms with Gasteiger partial charge in [0.05, 0.1) is 0 Å². The maximum Gasteiger partial charge on any atom is 0.130 e. The molecule has 0 amide bonds. The van der Waals surface area contributed by atoms with E-state index in [9.17, 15) is 4.79 Å². The minimum atomic E-state index is 0.297. The molecule has 1 nitrogen and oxygen atoms in total. The number of fused-ring (bicyclic) bond motifs is 1. The summed E-state index contributed by atoms with van der Waals surface area (Å²) in [6.45, 7) is 6.17. The van der Waals surface area contributed by atoms with Crippen molar-refractivity contribution in [2.75, 3.05) is 0 Å². The quantitative estimate of drug-likeness (QED) is 0.690. The van der Waals surface area contributed by atoms with E-state index in [1.807, 2.05) is 0 Å². The van der Waals surface area contributed by atoms with Crippen LogP contribution in [-0.4, -0.2) is 5.78 Å². The SMILES string of the molecule is CCCC1=C(CCC)C(CC(C)=O)c2ccccc21. The fourth-order valence-electron chi connectivity index (χ4n) is 3.31. The molecule has 1 aromatic rings. The fraction of sp³-hybridized carbons (Fsp3) is 0.500. The Kier molecular flexibility index (Phi) is 4.57. The first-order valence-corrected chi connectivity index (χ1v) is 7.49. The van der Waals surface area contributed by atoms with E-state index in [0.717, 1.165) is 19.3 Å². The van der Waals surface area contributed by atoms with Crippen LogP contribution in [0.5, 0.6) is 0 Å². The van der Waals surface area contributed by atoms with Crippen LogP contribution in [0.1, 0.15) is 69.9 Å². The molecule has 0 radical (unpaired) electrons. The van der Waals surface area contributed by atoms with Crippen molar-refractivity contribution in [3.8, 4) is 0 Å². The van der Waals surface area contributed by atoms with Gasteiger partial charge in [0.2, 0.25) is 0 Å². The smallest absolute Gasteiger partial charge is 0.130 e. The van der Waals surface area contributed by atoms with Crippen molar-refractivity contribution >= 4 is 11.4 Å². The van der Waals surface area contributed by atoms with Gasteiger partial charge in [-0.25, -0.2) is 0 Å². The Labute approximate surface area is 116 Å². The van der Waals surface area contributed by atoms with Crippen molar-refractivity contribution in [1.29, 1.82) is 0 Å². The molecule has 1 atom stereocenters. The highest BCUT2D eigenvalue weighted by atomic mass is 16.1. The summed E-state index contributed by atoms with van der Waals surface area (Å²) in [6, 6.07) is 8.66. The molecule has 0 heterocycles. The Balaban J connectivity index is 2.47. The molecule has 2 rings (SSSR count). The lowest BCUT2D eigenvalue weighted by atomic mass is 9.88. The summed E-state index contributed by atoms with van der Waals surface area (Å²) in [6.07, 6.45) is 5.26. The van der Waals surface area contributed by atoms with E-state index >= 15 is 0 Å². The van der Waals surface area contributed by atoms with Gasteiger partial charge in [0.1, 0.15) is 5.78 Å². The van der Waals surface area contributed by atoms with E-state index in [1.165, 1.54) is 28.7 Å². The van der Waals surface area contributed by atoms with Crippen LogP contribution in [0.3, 0.4) is 0 Å². The Bertz CT molecular complexity index is 496. The van der Waals surface area contributed by atoms with Crippen molar-refractivity contribution < 1.29 is 4.79 Å². The average Bonchev–Trinajstić information content (AvgIpc) is 2.66. The molecule has 102 valence electrons. The fourth-order valence-corrected chi connectivity index (χ4v) is 3.31. The van der Waals surface area contributed by atoms with Crippen LogP contribution in [0.25, 0.3) is 5.57 Å². The van der Waals surface area contributed by atoms with Crippen LogP contribution in [0.15, 0.2) is 29.8 Å². The summed E-state index contributed by atoms with van der Waals surface area (Å²) in [5.74, 6) is 0.640. The highest BCUT2D eigenvalue weighted by Gasteiger charge is 2.30. The molecular weight excluding hydrogens is 232 g/mol. The van der Waals surface area contributed by atoms with Crippen molar-refractivity contribution in [2.24, 2.45) is 0 Å². The minimum absolute atomic E-state index is 0.297. The lowest BCUT2D eigenvalue weighted by molar-refractivity contribution is -0.117. The summed E-state index contributed by atoms with van der Waals surface area (Å²) >= 11 is 0. The van der Waals surface area contributed by atoms with Gasteiger partial charge in [-0.2, -0.15) is 0 Å². The monoisotopic (exact) mass is 256 g/mol.